The van der Waals surface area contributed by atoms with Crippen LogP contribution in [-0.2, 0) is 11.3 Å². The van der Waals surface area contributed by atoms with Gasteiger partial charge >= 0.3 is 5.97 Å². The number of methoxy groups -OCH3 is 1. The molecule has 2 N–H and O–H groups in total. The van der Waals surface area contributed by atoms with Crippen LogP contribution < -0.4 is 10.6 Å². The van der Waals surface area contributed by atoms with E-state index >= 15 is 0 Å². The molecule has 0 radical (unpaired) electrons. The Bertz CT molecular complexity index is 945. The van der Waals surface area contributed by atoms with Gasteiger partial charge in [0.1, 0.15) is 5.82 Å². The summed E-state index contributed by atoms with van der Waals surface area (Å²) in [6, 6.07) is 13.8. The molecule has 3 rings (SSSR count). The number of carbonyl (C=O) groups is 2. The van der Waals surface area contributed by atoms with E-state index in [1.807, 2.05) is 12.1 Å². The van der Waals surface area contributed by atoms with Gasteiger partial charge in [0.05, 0.1) is 23.9 Å². The van der Waals surface area contributed by atoms with E-state index in [-0.39, 0.29) is 11.5 Å². The van der Waals surface area contributed by atoms with E-state index in [1.54, 1.807) is 55.0 Å². The van der Waals surface area contributed by atoms with Crippen LogP contribution in [0.5, 0.6) is 0 Å². The number of ether oxygens (including phenoxy) is 1. The van der Waals surface area contributed by atoms with Gasteiger partial charge in [-0.1, -0.05) is 12.1 Å². The smallest absolute Gasteiger partial charge is 0.339 e. The summed E-state index contributed by atoms with van der Waals surface area (Å²) in [5.41, 5.74) is 2.03. The molecular formula is C20H18N4O3. The molecule has 0 saturated carbocycles. The summed E-state index contributed by atoms with van der Waals surface area (Å²) < 4.78 is 4.76. The first-order valence-corrected chi connectivity index (χ1v) is 8.25. The molecule has 2 heterocycles. The zero-order valence-electron chi connectivity index (χ0n) is 14.7. The number of esters is 1. The van der Waals surface area contributed by atoms with Gasteiger partial charge in [0.25, 0.3) is 5.91 Å². The maximum Gasteiger partial charge on any atom is 0.339 e. The van der Waals surface area contributed by atoms with Gasteiger partial charge in [0, 0.05) is 25.1 Å². The first-order valence-electron chi connectivity index (χ1n) is 8.25. The van der Waals surface area contributed by atoms with Crippen molar-refractivity contribution in [1.29, 1.82) is 0 Å². The summed E-state index contributed by atoms with van der Waals surface area (Å²) in [6.07, 6.45) is 5.01. The molecule has 2 aromatic heterocycles. The van der Waals surface area contributed by atoms with Crippen LogP contribution in [0.3, 0.4) is 0 Å². The van der Waals surface area contributed by atoms with Crippen molar-refractivity contribution in [3.05, 3.63) is 83.8 Å². The minimum Gasteiger partial charge on any atom is -0.465 e. The Balaban J connectivity index is 1.79. The SMILES string of the molecule is COC(=O)c1ccccc1NC(=O)c1cccnc1NCc1ccncc1. The van der Waals surface area contributed by atoms with E-state index < -0.39 is 5.97 Å². The molecule has 0 unspecified atom stereocenters. The first-order chi connectivity index (χ1) is 13.2. The van der Waals surface area contributed by atoms with Crippen molar-refractivity contribution in [3.8, 4) is 0 Å². The Hall–Kier alpha value is -3.74. The number of aromatic nitrogens is 2. The lowest BCUT2D eigenvalue weighted by atomic mass is 10.1. The monoisotopic (exact) mass is 362 g/mol. The summed E-state index contributed by atoms with van der Waals surface area (Å²) in [6.45, 7) is 0.499. The van der Waals surface area contributed by atoms with Crippen LogP contribution in [0.15, 0.2) is 67.1 Å². The summed E-state index contributed by atoms with van der Waals surface area (Å²) >= 11 is 0. The number of hydrogen-bond donors (Lipinski definition) is 2. The van der Waals surface area contributed by atoms with Crippen LogP contribution in [0.4, 0.5) is 11.5 Å². The van der Waals surface area contributed by atoms with E-state index in [9.17, 15) is 9.59 Å². The van der Waals surface area contributed by atoms with Gasteiger partial charge < -0.3 is 15.4 Å². The van der Waals surface area contributed by atoms with Gasteiger partial charge in [-0.2, -0.15) is 0 Å². The van der Waals surface area contributed by atoms with Crippen molar-refractivity contribution in [3.63, 3.8) is 0 Å². The van der Waals surface area contributed by atoms with Gasteiger partial charge in [0.2, 0.25) is 0 Å². The molecule has 0 spiro atoms. The zero-order chi connectivity index (χ0) is 19.1. The van der Waals surface area contributed by atoms with Gasteiger partial charge in [-0.25, -0.2) is 9.78 Å². The minimum absolute atomic E-state index is 0.281. The highest BCUT2D eigenvalue weighted by Gasteiger charge is 2.17. The summed E-state index contributed by atoms with van der Waals surface area (Å²) in [5, 5.41) is 5.90. The van der Waals surface area contributed by atoms with Gasteiger partial charge in [0.15, 0.2) is 0 Å². The summed E-state index contributed by atoms with van der Waals surface area (Å²) in [4.78, 5) is 32.9. The lowest BCUT2D eigenvalue weighted by molar-refractivity contribution is 0.0602. The zero-order valence-corrected chi connectivity index (χ0v) is 14.7. The molecule has 0 saturated heterocycles. The maximum absolute atomic E-state index is 12.8. The Morgan fingerprint density at radius 1 is 0.963 bits per heavy atom. The highest BCUT2D eigenvalue weighted by Crippen LogP contribution is 2.19. The number of benzene rings is 1. The molecule has 0 bridgehead atoms. The van der Waals surface area contributed by atoms with Crippen LogP contribution in [0.2, 0.25) is 0 Å². The molecule has 7 nitrogen and oxygen atoms in total. The third-order valence-corrected chi connectivity index (χ3v) is 3.84. The molecule has 0 aliphatic carbocycles. The van der Waals surface area contributed by atoms with Crippen LogP contribution in [-0.4, -0.2) is 29.0 Å². The van der Waals surface area contributed by atoms with Crippen molar-refractivity contribution in [2.75, 3.05) is 17.7 Å². The second kappa shape index (κ2) is 8.57. The lowest BCUT2D eigenvalue weighted by Crippen LogP contribution is -2.18. The molecular weight excluding hydrogens is 344 g/mol. The molecule has 1 amide bonds. The largest absolute Gasteiger partial charge is 0.465 e. The van der Waals surface area contributed by atoms with Crippen LogP contribution in [0, 0.1) is 0 Å². The van der Waals surface area contributed by atoms with Crippen molar-refractivity contribution in [2.45, 2.75) is 6.54 Å². The average Bonchev–Trinajstić information content (AvgIpc) is 2.73. The summed E-state index contributed by atoms with van der Waals surface area (Å²) in [7, 11) is 1.29. The van der Waals surface area contributed by atoms with E-state index in [0.29, 0.717) is 23.6 Å². The third-order valence-electron chi connectivity index (χ3n) is 3.84. The molecule has 0 aliphatic rings. The number of para-hydroxylation sites is 1. The predicted molar refractivity (Wildman–Crippen MR) is 102 cm³/mol. The molecule has 3 aromatic rings. The van der Waals surface area contributed by atoms with Crippen LogP contribution >= 0.6 is 0 Å². The highest BCUT2D eigenvalue weighted by atomic mass is 16.5. The fraction of sp³-hybridized carbons (Fsp3) is 0.100. The number of carbonyl (C=O) groups excluding carboxylic acids is 2. The number of hydrogen-bond acceptors (Lipinski definition) is 6. The number of pyridine rings is 2. The summed E-state index contributed by atoms with van der Waals surface area (Å²) in [5.74, 6) is -0.452. The minimum atomic E-state index is -0.520. The normalized spacial score (nSPS) is 10.1. The highest BCUT2D eigenvalue weighted by molar-refractivity contribution is 6.10. The molecule has 0 aliphatic heterocycles. The lowest BCUT2D eigenvalue weighted by Gasteiger charge is -2.13. The fourth-order valence-corrected chi connectivity index (χ4v) is 2.49. The Labute approximate surface area is 156 Å². The van der Waals surface area contributed by atoms with E-state index in [4.69, 9.17) is 4.74 Å². The molecule has 7 heteroatoms. The predicted octanol–water partition coefficient (Wildman–Crippen LogP) is 3.13. The maximum atomic E-state index is 12.8. The van der Waals surface area contributed by atoms with E-state index in [2.05, 4.69) is 20.6 Å². The third kappa shape index (κ3) is 4.46. The van der Waals surface area contributed by atoms with E-state index in [0.717, 1.165) is 5.56 Å². The number of anilines is 2. The van der Waals surface area contributed by atoms with Gasteiger partial charge in [-0.05, 0) is 42.0 Å². The number of rotatable bonds is 6. The van der Waals surface area contributed by atoms with Crippen molar-refractivity contribution in [2.24, 2.45) is 0 Å². The quantitative estimate of drug-likeness (QED) is 0.655. The molecule has 1 aromatic carbocycles. The van der Waals surface area contributed by atoms with Crippen molar-refractivity contribution >= 4 is 23.4 Å². The van der Waals surface area contributed by atoms with E-state index in [1.165, 1.54) is 7.11 Å². The molecule has 136 valence electrons. The number of nitrogens with zero attached hydrogens (tertiary/aromatic N) is 2. The van der Waals surface area contributed by atoms with Crippen molar-refractivity contribution < 1.29 is 14.3 Å². The first kappa shape index (κ1) is 18.1. The molecule has 27 heavy (non-hydrogen) atoms. The second-order valence-corrected chi connectivity index (χ2v) is 5.60. The van der Waals surface area contributed by atoms with Crippen molar-refractivity contribution in [1.82, 2.24) is 9.97 Å². The van der Waals surface area contributed by atoms with Crippen LogP contribution in [0.1, 0.15) is 26.3 Å². The number of nitrogens with one attached hydrogen (secondary N) is 2. The number of amides is 1. The Kier molecular flexibility index (Phi) is 5.73. The standard InChI is InChI=1S/C20H18N4O3/c1-27-20(26)15-5-2-3-7-17(15)24-19(25)16-6-4-10-22-18(16)23-13-14-8-11-21-12-9-14/h2-12H,13H2,1H3,(H,22,23)(H,24,25). The molecule has 0 atom stereocenters. The topological polar surface area (TPSA) is 93.2 Å². The fourth-order valence-electron chi connectivity index (χ4n) is 2.49. The Morgan fingerprint density at radius 3 is 2.48 bits per heavy atom. The second-order valence-electron chi connectivity index (χ2n) is 5.60. The van der Waals surface area contributed by atoms with Gasteiger partial charge in [-0.15, -0.1) is 0 Å². The molecule has 0 fully saturated rings. The van der Waals surface area contributed by atoms with Gasteiger partial charge in [-0.3, -0.25) is 9.78 Å². The Morgan fingerprint density at radius 2 is 1.70 bits per heavy atom. The van der Waals surface area contributed by atoms with Crippen LogP contribution in [0.25, 0.3) is 0 Å². The average molecular weight is 362 g/mol.